The minimum absolute atomic E-state index is 0.348. The monoisotopic (exact) mass is 356 g/mol. The number of allylic oxidation sites excluding steroid dienone is 1. The molecule has 0 saturated carbocycles. The van der Waals surface area contributed by atoms with E-state index in [0.29, 0.717) is 5.92 Å². The molecule has 2 N–H and O–H groups in total. The molecule has 0 aromatic heterocycles. The average molecular weight is 357 g/mol. The summed E-state index contributed by atoms with van der Waals surface area (Å²) in [6.07, 6.45) is 0. The van der Waals surface area contributed by atoms with E-state index in [0.717, 1.165) is 25.3 Å². The van der Waals surface area contributed by atoms with Crippen LogP contribution >= 0.6 is 0 Å². The SMILES string of the molecule is C=C(C)NCc1cccc(CNCC(c2ccccc2)c2ccccc2)c1. The largest absolute Gasteiger partial charge is 0.385 e. The molecule has 0 aliphatic carbocycles. The van der Waals surface area contributed by atoms with E-state index in [4.69, 9.17) is 0 Å². The molecule has 0 heterocycles. The van der Waals surface area contributed by atoms with Gasteiger partial charge in [0.1, 0.15) is 0 Å². The van der Waals surface area contributed by atoms with Crippen LogP contribution in [0.5, 0.6) is 0 Å². The van der Waals surface area contributed by atoms with Crippen LogP contribution in [0.4, 0.5) is 0 Å². The molecule has 0 atom stereocenters. The molecule has 0 fully saturated rings. The quantitative estimate of drug-likeness (QED) is 0.548. The van der Waals surface area contributed by atoms with Crippen molar-refractivity contribution in [2.24, 2.45) is 0 Å². The van der Waals surface area contributed by atoms with Gasteiger partial charge in [0.05, 0.1) is 0 Å². The molecule has 0 amide bonds. The van der Waals surface area contributed by atoms with E-state index in [9.17, 15) is 0 Å². The first-order chi connectivity index (χ1) is 13.2. The second-order valence-electron chi connectivity index (χ2n) is 6.96. The Bertz CT molecular complexity index is 801. The number of hydrogen-bond donors (Lipinski definition) is 2. The summed E-state index contributed by atoms with van der Waals surface area (Å²) in [5.41, 5.74) is 6.26. The van der Waals surface area contributed by atoms with E-state index in [2.05, 4.69) is 102 Å². The lowest BCUT2D eigenvalue weighted by atomic mass is 9.91. The van der Waals surface area contributed by atoms with Gasteiger partial charge in [0.2, 0.25) is 0 Å². The molecule has 0 aliphatic heterocycles. The minimum atomic E-state index is 0.348. The van der Waals surface area contributed by atoms with Gasteiger partial charge in [0, 0.05) is 31.2 Å². The maximum atomic E-state index is 3.90. The van der Waals surface area contributed by atoms with Crippen LogP contribution < -0.4 is 10.6 Å². The Morgan fingerprint density at radius 1 is 0.778 bits per heavy atom. The predicted molar refractivity (Wildman–Crippen MR) is 115 cm³/mol. The fraction of sp³-hybridized carbons (Fsp3) is 0.200. The number of benzene rings is 3. The van der Waals surface area contributed by atoms with Crippen molar-refractivity contribution < 1.29 is 0 Å². The Morgan fingerprint density at radius 2 is 1.33 bits per heavy atom. The summed E-state index contributed by atoms with van der Waals surface area (Å²) < 4.78 is 0. The molecule has 0 spiro atoms. The van der Waals surface area contributed by atoms with Crippen molar-refractivity contribution in [3.8, 4) is 0 Å². The number of rotatable bonds is 9. The van der Waals surface area contributed by atoms with Gasteiger partial charge in [-0.15, -0.1) is 0 Å². The van der Waals surface area contributed by atoms with Crippen LogP contribution in [0, 0.1) is 0 Å². The normalized spacial score (nSPS) is 10.7. The number of hydrogen-bond acceptors (Lipinski definition) is 2. The van der Waals surface area contributed by atoms with E-state index < -0.39 is 0 Å². The molecule has 3 rings (SSSR count). The third kappa shape index (κ3) is 5.83. The lowest BCUT2D eigenvalue weighted by Gasteiger charge is -2.19. The van der Waals surface area contributed by atoms with Crippen molar-refractivity contribution >= 4 is 0 Å². The van der Waals surface area contributed by atoms with Gasteiger partial charge in [-0.25, -0.2) is 0 Å². The zero-order chi connectivity index (χ0) is 18.9. The van der Waals surface area contributed by atoms with E-state index >= 15 is 0 Å². The van der Waals surface area contributed by atoms with Crippen molar-refractivity contribution in [1.82, 2.24) is 10.6 Å². The maximum absolute atomic E-state index is 3.90. The van der Waals surface area contributed by atoms with Gasteiger partial charge in [-0.05, 0) is 29.2 Å². The predicted octanol–water partition coefficient (Wildman–Crippen LogP) is 5.23. The highest BCUT2D eigenvalue weighted by Gasteiger charge is 2.13. The van der Waals surface area contributed by atoms with Gasteiger partial charge in [0.25, 0.3) is 0 Å². The first-order valence-corrected chi connectivity index (χ1v) is 9.50. The standard InChI is InChI=1S/C25H28N2/c1-20(2)27-18-22-11-9-10-21(16-22)17-26-19-25(23-12-5-3-6-13-23)24-14-7-4-8-15-24/h3-16,25-27H,1,17-19H2,2H3. The molecule has 0 saturated heterocycles. The van der Waals surface area contributed by atoms with Crippen molar-refractivity contribution in [2.75, 3.05) is 6.54 Å². The van der Waals surface area contributed by atoms with Gasteiger partial charge in [-0.1, -0.05) is 91.5 Å². The van der Waals surface area contributed by atoms with E-state index in [1.54, 1.807) is 0 Å². The average Bonchev–Trinajstić information content (AvgIpc) is 2.71. The second-order valence-corrected chi connectivity index (χ2v) is 6.96. The van der Waals surface area contributed by atoms with Crippen LogP contribution in [0.3, 0.4) is 0 Å². The van der Waals surface area contributed by atoms with E-state index in [1.807, 2.05) is 6.92 Å². The topological polar surface area (TPSA) is 24.1 Å². The first-order valence-electron chi connectivity index (χ1n) is 9.50. The van der Waals surface area contributed by atoms with Crippen LogP contribution in [-0.2, 0) is 13.1 Å². The van der Waals surface area contributed by atoms with Crippen molar-refractivity contribution in [3.05, 3.63) is 119 Å². The summed E-state index contributed by atoms with van der Waals surface area (Å²) in [7, 11) is 0. The highest BCUT2D eigenvalue weighted by molar-refractivity contribution is 5.33. The lowest BCUT2D eigenvalue weighted by Crippen LogP contribution is -2.22. The van der Waals surface area contributed by atoms with E-state index in [-0.39, 0.29) is 0 Å². The smallest absolute Gasteiger partial charge is 0.0397 e. The van der Waals surface area contributed by atoms with Crippen molar-refractivity contribution in [3.63, 3.8) is 0 Å². The molecule has 2 nitrogen and oxygen atoms in total. The number of nitrogens with one attached hydrogen (secondary N) is 2. The minimum Gasteiger partial charge on any atom is -0.385 e. The Labute approximate surface area is 163 Å². The molecule has 0 unspecified atom stereocenters. The molecule has 3 aromatic rings. The first kappa shape index (κ1) is 18.9. The molecule has 138 valence electrons. The van der Waals surface area contributed by atoms with Crippen LogP contribution in [-0.4, -0.2) is 6.54 Å². The van der Waals surface area contributed by atoms with Crippen molar-refractivity contribution in [1.29, 1.82) is 0 Å². The zero-order valence-corrected chi connectivity index (χ0v) is 16.0. The summed E-state index contributed by atoms with van der Waals surface area (Å²) in [5.74, 6) is 0.348. The van der Waals surface area contributed by atoms with Gasteiger partial charge in [-0.3, -0.25) is 0 Å². The third-order valence-electron chi connectivity index (χ3n) is 4.67. The Balaban J connectivity index is 1.65. The third-order valence-corrected chi connectivity index (χ3v) is 4.67. The highest BCUT2D eigenvalue weighted by atomic mass is 14.9. The molecule has 0 bridgehead atoms. The highest BCUT2D eigenvalue weighted by Crippen LogP contribution is 2.23. The van der Waals surface area contributed by atoms with Crippen LogP contribution in [0.2, 0.25) is 0 Å². The summed E-state index contributed by atoms with van der Waals surface area (Å²) >= 11 is 0. The van der Waals surface area contributed by atoms with Crippen molar-refractivity contribution in [2.45, 2.75) is 25.9 Å². The fourth-order valence-corrected chi connectivity index (χ4v) is 3.26. The molecule has 0 radical (unpaired) electrons. The van der Waals surface area contributed by atoms with Gasteiger partial charge in [-0.2, -0.15) is 0 Å². The molecule has 3 aromatic carbocycles. The van der Waals surface area contributed by atoms with Crippen LogP contribution in [0.1, 0.15) is 35.1 Å². The molecule has 2 heteroatoms. The molecular weight excluding hydrogens is 328 g/mol. The summed E-state index contributed by atoms with van der Waals surface area (Å²) in [6, 6.07) is 30.2. The van der Waals surface area contributed by atoms with Crippen LogP contribution in [0.15, 0.2) is 97.2 Å². The second kappa shape index (κ2) is 9.75. The molecular formula is C25H28N2. The molecule has 27 heavy (non-hydrogen) atoms. The summed E-state index contributed by atoms with van der Waals surface area (Å²) in [6.45, 7) is 8.46. The Morgan fingerprint density at radius 3 is 1.89 bits per heavy atom. The zero-order valence-electron chi connectivity index (χ0n) is 16.0. The van der Waals surface area contributed by atoms with E-state index in [1.165, 1.54) is 22.3 Å². The Hall–Kier alpha value is -2.84. The molecule has 0 aliphatic rings. The summed E-state index contributed by atoms with van der Waals surface area (Å²) in [5, 5.41) is 6.94. The lowest BCUT2D eigenvalue weighted by molar-refractivity contribution is 0.635. The summed E-state index contributed by atoms with van der Waals surface area (Å²) in [4.78, 5) is 0. The van der Waals surface area contributed by atoms with Gasteiger partial charge >= 0.3 is 0 Å². The van der Waals surface area contributed by atoms with Gasteiger partial charge in [0.15, 0.2) is 0 Å². The fourth-order valence-electron chi connectivity index (χ4n) is 3.26. The van der Waals surface area contributed by atoms with Crippen LogP contribution in [0.25, 0.3) is 0 Å². The maximum Gasteiger partial charge on any atom is 0.0397 e. The van der Waals surface area contributed by atoms with Gasteiger partial charge < -0.3 is 10.6 Å². The Kier molecular flexibility index (Phi) is 6.84.